The predicted molar refractivity (Wildman–Crippen MR) is 84.2 cm³/mol. The first-order chi connectivity index (χ1) is 9.93. The minimum Gasteiger partial charge on any atom is -0.265 e. The Morgan fingerprint density at radius 3 is 2.67 bits per heavy atom. The molecule has 0 saturated carbocycles. The molecule has 0 unspecified atom stereocenters. The summed E-state index contributed by atoms with van der Waals surface area (Å²) < 4.78 is 14.1. The van der Waals surface area contributed by atoms with Gasteiger partial charge in [0.05, 0.1) is 6.67 Å². The molecule has 0 spiro atoms. The normalized spacial score (nSPS) is 12.2. The maximum atomic E-state index is 12.4. The molecule has 0 atom stereocenters. The van der Waals surface area contributed by atoms with Crippen LogP contribution in [0.15, 0.2) is 9.13 Å². The van der Waals surface area contributed by atoms with Gasteiger partial charge in [0.2, 0.25) is 4.96 Å². The fourth-order valence-corrected chi connectivity index (χ4v) is 3.70. The van der Waals surface area contributed by atoms with Crippen LogP contribution in [0.1, 0.15) is 45.7 Å². The van der Waals surface area contributed by atoms with Crippen molar-refractivity contribution in [3.63, 3.8) is 0 Å². The van der Waals surface area contributed by atoms with E-state index in [1.165, 1.54) is 15.9 Å². The molecular weight excluding hydrogens is 311 g/mol. The molecule has 0 aliphatic heterocycles. The zero-order chi connectivity index (χ0) is 15.5. The van der Waals surface area contributed by atoms with Gasteiger partial charge in [-0.1, -0.05) is 50.3 Å². The topological polar surface area (TPSA) is 60.1 Å². The zero-order valence-electron chi connectivity index (χ0n) is 12.4. The van der Waals surface area contributed by atoms with Gasteiger partial charge in [-0.15, -0.1) is 15.3 Å². The fourth-order valence-electron chi connectivity index (χ4n) is 1.76. The quantitative estimate of drug-likeness (QED) is 0.602. The Bertz CT molecular complexity index is 662. The Morgan fingerprint density at radius 2 is 2.00 bits per heavy atom. The van der Waals surface area contributed by atoms with Crippen LogP contribution in [0, 0.1) is 0 Å². The minimum atomic E-state index is -0.353. The first-order valence-corrected chi connectivity index (χ1v) is 8.69. The van der Waals surface area contributed by atoms with Gasteiger partial charge in [0.1, 0.15) is 5.69 Å². The highest BCUT2D eigenvalue weighted by molar-refractivity contribution is 8.01. The summed E-state index contributed by atoms with van der Waals surface area (Å²) in [6.07, 6.45) is 2.43. The molecule has 2 rings (SSSR count). The van der Waals surface area contributed by atoms with Crippen molar-refractivity contribution in [1.82, 2.24) is 19.8 Å². The van der Waals surface area contributed by atoms with E-state index in [0.717, 1.165) is 22.9 Å². The molecule has 116 valence electrons. The third kappa shape index (κ3) is 4.00. The van der Waals surface area contributed by atoms with Crippen LogP contribution in [-0.2, 0) is 5.41 Å². The highest BCUT2D eigenvalue weighted by Gasteiger charge is 2.23. The van der Waals surface area contributed by atoms with Crippen LogP contribution in [0.25, 0.3) is 4.96 Å². The summed E-state index contributed by atoms with van der Waals surface area (Å²) in [5.74, 6) is 0.869. The van der Waals surface area contributed by atoms with Gasteiger partial charge in [0, 0.05) is 11.2 Å². The highest BCUT2D eigenvalue weighted by atomic mass is 32.2. The summed E-state index contributed by atoms with van der Waals surface area (Å²) in [6, 6.07) is 0. The van der Waals surface area contributed by atoms with Gasteiger partial charge in [0.25, 0.3) is 5.56 Å². The molecule has 8 heteroatoms. The van der Waals surface area contributed by atoms with Crippen LogP contribution in [0.4, 0.5) is 4.39 Å². The number of hydrogen-bond acceptors (Lipinski definition) is 6. The van der Waals surface area contributed by atoms with E-state index >= 15 is 0 Å². The van der Waals surface area contributed by atoms with Gasteiger partial charge < -0.3 is 0 Å². The molecule has 5 nitrogen and oxygen atoms in total. The lowest BCUT2D eigenvalue weighted by Crippen LogP contribution is -2.30. The number of rotatable bonds is 6. The molecule has 0 radical (unpaired) electrons. The second kappa shape index (κ2) is 6.83. The Kier molecular flexibility index (Phi) is 5.32. The molecule has 0 aliphatic rings. The molecule has 21 heavy (non-hydrogen) atoms. The van der Waals surface area contributed by atoms with Crippen molar-refractivity contribution in [3.05, 3.63) is 16.0 Å². The van der Waals surface area contributed by atoms with Crippen molar-refractivity contribution in [2.75, 3.05) is 12.4 Å². The number of aromatic nitrogens is 4. The van der Waals surface area contributed by atoms with Gasteiger partial charge in [-0.25, -0.2) is 0 Å². The molecular formula is C13H19FN4OS2. The Hall–Kier alpha value is -1.02. The fraction of sp³-hybridized carbons (Fsp3) is 0.692. The highest BCUT2D eigenvalue weighted by Crippen LogP contribution is 2.24. The zero-order valence-corrected chi connectivity index (χ0v) is 14.1. The molecule has 0 fully saturated rings. The summed E-state index contributed by atoms with van der Waals surface area (Å²) >= 11 is 2.94. The maximum Gasteiger partial charge on any atom is 0.297 e. The maximum absolute atomic E-state index is 12.4. The lowest BCUT2D eigenvalue weighted by molar-refractivity contribution is 0.460. The van der Waals surface area contributed by atoms with Crippen molar-refractivity contribution in [2.24, 2.45) is 0 Å². The molecule has 0 bridgehead atoms. The summed E-state index contributed by atoms with van der Waals surface area (Å²) in [5.41, 5.74) is -0.132. The molecule has 2 heterocycles. The number of fused-ring (bicyclic) bond motifs is 1. The van der Waals surface area contributed by atoms with Crippen LogP contribution in [0.2, 0.25) is 0 Å². The summed E-state index contributed by atoms with van der Waals surface area (Å²) in [6.45, 7) is 5.53. The van der Waals surface area contributed by atoms with Crippen molar-refractivity contribution in [1.29, 1.82) is 0 Å². The van der Waals surface area contributed by atoms with Crippen molar-refractivity contribution in [2.45, 2.75) is 49.8 Å². The second-order valence-corrected chi connectivity index (χ2v) is 8.06. The monoisotopic (exact) mass is 330 g/mol. The number of alkyl halides is 1. The van der Waals surface area contributed by atoms with Crippen molar-refractivity contribution < 1.29 is 4.39 Å². The number of unbranched alkanes of at least 4 members (excludes halogenated alkanes) is 2. The third-order valence-corrected chi connectivity index (χ3v) is 5.00. The molecule has 2 aromatic heterocycles. The van der Waals surface area contributed by atoms with Crippen LogP contribution in [0.5, 0.6) is 0 Å². The average molecular weight is 330 g/mol. The molecule has 0 N–H and O–H groups in total. The van der Waals surface area contributed by atoms with E-state index < -0.39 is 0 Å². The van der Waals surface area contributed by atoms with Crippen LogP contribution in [-0.4, -0.2) is 32.2 Å². The van der Waals surface area contributed by atoms with E-state index in [4.69, 9.17) is 0 Å². The summed E-state index contributed by atoms with van der Waals surface area (Å²) in [7, 11) is 0. The van der Waals surface area contributed by atoms with Crippen molar-refractivity contribution in [3.8, 4) is 0 Å². The van der Waals surface area contributed by atoms with Crippen LogP contribution in [0.3, 0.4) is 0 Å². The molecule has 0 aliphatic carbocycles. The lowest BCUT2D eigenvalue weighted by Gasteiger charge is -2.14. The van der Waals surface area contributed by atoms with E-state index in [9.17, 15) is 9.18 Å². The summed E-state index contributed by atoms with van der Waals surface area (Å²) in [5, 5.41) is 12.5. The van der Waals surface area contributed by atoms with E-state index in [0.29, 0.717) is 17.1 Å². The Morgan fingerprint density at radius 1 is 1.24 bits per heavy atom. The van der Waals surface area contributed by atoms with Gasteiger partial charge in [-0.05, 0) is 12.8 Å². The Balaban J connectivity index is 2.15. The number of hydrogen-bond donors (Lipinski definition) is 0. The van der Waals surface area contributed by atoms with Crippen LogP contribution < -0.4 is 5.56 Å². The van der Waals surface area contributed by atoms with Gasteiger partial charge in [-0.2, -0.15) is 4.52 Å². The molecule has 0 amide bonds. The number of thioether (sulfide) groups is 1. The van der Waals surface area contributed by atoms with E-state index in [1.54, 1.807) is 11.8 Å². The van der Waals surface area contributed by atoms with E-state index in [2.05, 4.69) is 15.3 Å². The first-order valence-electron chi connectivity index (χ1n) is 6.89. The Labute approximate surface area is 131 Å². The SMILES string of the molecule is CC(C)(C)c1nnc2sc(SCCCCCF)nn2c1=O. The minimum absolute atomic E-state index is 0.201. The van der Waals surface area contributed by atoms with Gasteiger partial charge in [-0.3, -0.25) is 9.18 Å². The molecule has 0 aromatic carbocycles. The van der Waals surface area contributed by atoms with Crippen LogP contribution >= 0.6 is 23.1 Å². The smallest absolute Gasteiger partial charge is 0.265 e. The van der Waals surface area contributed by atoms with Crippen molar-refractivity contribution >= 4 is 28.1 Å². The molecule has 0 saturated heterocycles. The lowest BCUT2D eigenvalue weighted by atomic mass is 9.93. The summed E-state index contributed by atoms with van der Waals surface area (Å²) in [4.78, 5) is 12.9. The van der Waals surface area contributed by atoms with Gasteiger partial charge >= 0.3 is 0 Å². The van der Waals surface area contributed by atoms with E-state index in [-0.39, 0.29) is 17.6 Å². The predicted octanol–water partition coefficient (Wildman–Crippen LogP) is 3.08. The first kappa shape index (κ1) is 16.4. The third-order valence-electron chi connectivity index (χ3n) is 2.89. The van der Waals surface area contributed by atoms with Gasteiger partial charge in [0.15, 0.2) is 4.34 Å². The number of halogens is 1. The van der Waals surface area contributed by atoms with E-state index in [1.807, 2.05) is 20.8 Å². The largest absolute Gasteiger partial charge is 0.297 e. The second-order valence-electron chi connectivity index (χ2n) is 5.76. The standard InChI is InChI=1S/C13H19FN4OS2/c1-13(2,3)9-10(19)18-11(16-15-9)21-12(17-18)20-8-6-4-5-7-14/h4-8H2,1-3H3. The molecule has 2 aromatic rings. The average Bonchev–Trinajstić information content (AvgIpc) is 2.81. The number of nitrogens with zero attached hydrogens (tertiary/aromatic N) is 4.